The second-order valence-corrected chi connectivity index (χ2v) is 8.33. The molecule has 5 rings (SSSR count). The number of hydrogen-bond donors (Lipinski definition) is 0. The van der Waals surface area contributed by atoms with Crippen molar-refractivity contribution in [1.29, 1.82) is 0 Å². The van der Waals surface area contributed by atoms with Crippen LogP contribution < -0.4 is 4.74 Å². The second-order valence-electron chi connectivity index (χ2n) is 8.33. The third kappa shape index (κ3) is 4.28. The van der Waals surface area contributed by atoms with Crippen molar-refractivity contribution in [3.8, 4) is 17.0 Å². The summed E-state index contributed by atoms with van der Waals surface area (Å²) in [6, 6.07) is 9.95. The van der Waals surface area contributed by atoms with Crippen LogP contribution in [0.25, 0.3) is 22.3 Å². The molecule has 0 spiro atoms. The topological polar surface area (TPSA) is 86.0 Å². The fourth-order valence-electron chi connectivity index (χ4n) is 4.23. The predicted molar refractivity (Wildman–Crippen MR) is 125 cm³/mol. The number of methoxy groups -OCH3 is 1. The van der Waals surface area contributed by atoms with Crippen molar-refractivity contribution in [1.82, 2.24) is 29.6 Å². The Labute approximate surface area is 192 Å². The van der Waals surface area contributed by atoms with Gasteiger partial charge in [-0.15, -0.1) is 0 Å². The number of piperidine rings is 1. The van der Waals surface area contributed by atoms with Gasteiger partial charge in [0, 0.05) is 30.2 Å². The number of hydrogen-bond acceptors (Lipinski definition) is 6. The van der Waals surface area contributed by atoms with E-state index in [0.29, 0.717) is 17.9 Å². The first-order valence-corrected chi connectivity index (χ1v) is 11.2. The van der Waals surface area contributed by atoms with Gasteiger partial charge in [0.05, 0.1) is 37.4 Å². The lowest BCUT2D eigenvalue weighted by molar-refractivity contribution is 0.0718. The fourth-order valence-corrected chi connectivity index (χ4v) is 4.23. The van der Waals surface area contributed by atoms with Crippen LogP contribution >= 0.6 is 0 Å². The van der Waals surface area contributed by atoms with Crippen molar-refractivity contribution < 1.29 is 9.53 Å². The predicted octanol–water partition coefficient (Wildman–Crippen LogP) is 3.88. The van der Waals surface area contributed by atoms with Gasteiger partial charge in [0.15, 0.2) is 5.65 Å². The summed E-state index contributed by atoms with van der Waals surface area (Å²) < 4.78 is 7.14. The van der Waals surface area contributed by atoms with E-state index in [1.807, 2.05) is 46.8 Å². The number of likely N-dealkylation sites (tertiary alicyclic amines) is 1. The van der Waals surface area contributed by atoms with Gasteiger partial charge in [-0.25, -0.2) is 14.6 Å². The highest BCUT2D eigenvalue weighted by Gasteiger charge is 2.20. The fraction of sp³-hybridized carbons (Fsp3) is 0.320. The molecule has 1 aliphatic rings. The average molecular weight is 443 g/mol. The van der Waals surface area contributed by atoms with Gasteiger partial charge in [-0.1, -0.05) is 12.1 Å². The molecule has 1 aliphatic heterocycles. The molecule has 1 amide bonds. The van der Waals surface area contributed by atoms with Crippen molar-refractivity contribution in [2.75, 3.05) is 20.2 Å². The van der Waals surface area contributed by atoms with Crippen molar-refractivity contribution in [3.63, 3.8) is 0 Å². The molecule has 33 heavy (non-hydrogen) atoms. The Bertz CT molecular complexity index is 1290. The van der Waals surface area contributed by atoms with Crippen LogP contribution in [0.3, 0.4) is 0 Å². The van der Waals surface area contributed by atoms with Crippen LogP contribution in [-0.4, -0.2) is 55.7 Å². The average Bonchev–Trinajstić information content (AvgIpc) is 3.19. The minimum Gasteiger partial charge on any atom is -0.497 e. The van der Waals surface area contributed by atoms with Crippen molar-refractivity contribution in [2.24, 2.45) is 0 Å². The van der Waals surface area contributed by atoms with E-state index < -0.39 is 0 Å². The summed E-state index contributed by atoms with van der Waals surface area (Å²) in [5, 5.41) is 5.65. The zero-order valence-electron chi connectivity index (χ0n) is 18.9. The summed E-state index contributed by atoms with van der Waals surface area (Å²) in [6.45, 7) is 4.15. The van der Waals surface area contributed by atoms with Crippen LogP contribution in [-0.2, 0) is 6.54 Å². The van der Waals surface area contributed by atoms with Gasteiger partial charge in [0.2, 0.25) is 0 Å². The van der Waals surface area contributed by atoms with E-state index in [9.17, 15) is 4.79 Å². The molecule has 8 heteroatoms. The third-order valence-electron chi connectivity index (χ3n) is 6.06. The lowest BCUT2D eigenvalue weighted by Gasteiger charge is -2.26. The van der Waals surface area contributed by atoms with Crippen LogP contribution in [0.15, 0.2) is 48.9 Å². The molecule has 4 heterocycles. The quantitative estimate of drug-likeness (QED) is 0.466. The molecule has 3 aromatic heterocycles. The normalized spacial score (nSPS) is 13.9. The molecule has 0 atom stereocenters. The minimum atomic E-state index is -0.0541. The lowest BCUT2D eigenvalue weighted by Crippen LogP contribution is -2.36. The molecule has 1 saturated heterocycles. The Morgan fingerprint density at radius 2 is 1.85 bits per heavy atom. The van der Waals surface area contributed by atoms with Crippen LogP contribution in [0, 0.1) is 6.92 Å². The van der Waals surface area contributed by atoms with E-state index in [0.717, 1.165) is 59.5 Å². The highest BCUT2D eigenvalue weighted by Crippen LogP contribution is 2.24. The molecular formula is C25H26N6O2. The molecule has 0 N–H and O–H groups in total. The maximum atomic E-state index is 12.9. The molecule has 8 nitrogen and oxygen atoms in total. The summed E-state index contributed by atoms with van der Waals surface area (Å²) in [5.41, 5.74) is 4.63. The number of nitrogens with zero attached hydrogens (tertiary/aromatic N) is 6. The van der Waals surface area contributed by atoms with Crippen LogP contribution in [0.2, 0.25) is 0 Å². The van der Waals surface area contributed by atoms with Gasteiger partial charge in [-0.3, -0.25) is 9.78 Å². The summed E-state index contributed by atoms with van der Waals surface area (Å²) in [4.78, 5) is 28.3. The molecule has 0 unspecified atom stereocenters. The Hall–Kier alpha value is -3.81. The lowest BCUT2D eigenvalue weighted by atomic mass is 10.1. The smallest absolute Gasteiger partial charge is 0.274 e. The van der Waals surface area contributed by atoms with Gasteiger partial charge in [-0.2, -0.15) is 5.10 Å². The molecule has 168 valence electrons. The van der Waals surface area contributed by atoms with E-state index in [1.54, 1.807) is 25.7 Å². The zero-order valence-corrected chi connectivity index (χ0v) is 18.9. The largest absolute Gasteiger partial charge is 0.497 e. The first-order valence-electron chi connectivity index (χ1n) is 11.2. The maximum absolute atomic E-state index is 12.9. The second kappa shape index (κ2) is 8.97. The molecule has 1 fully saturated rings. The maximum Gasteiger partial charge on any atom is 0.274 e. The Balaban J connectivity index is 1.43. The summed E-state index contributed by atoms with van der Waals surface area (Å²) in [5.74, 6) is 0.770. The number of pyridine rings is 1. The zero-order chi connectivity index (χ0) is 22.8. The van der Waals surface area contributed by atoms with Gasteiger partial charge in [0.25, 0.3) is 5.91 Å². The van der Waals surface area contributed by atoms with E-state index in [1.165, 1.54) is 6.42 Å². The van der Waals surface area contributed by atoms with E-state index in [4.69, 9.17) is 9.84 Å². The van der Waals surface area contributed by atoms with Crippen molar-refractivity contribution in [2.45, 2.75) is 32.7 Å². The molecule has 4 aromatic rings. The number of ether oxygens (including phenoxy) is 1. The van der Waals surface area contributed by atoms with Crippen LogP contribution in [0.1, 0.15) is 41.0 Å². The Morgan fingerprint density at radius 1 is 1.06 bits per heavy atom. The molecular weight excluding hydrogens is 416 g/mol. The number of benzene rings is 1. The van der Waals surface area contributed by atoms with E-state index >= 15 is 0 Å². The molecule has 0 saturated carbocycles. The van der Waals surface area contributed by atoms with Crippen molar-refractivity contribution in [3.05, 3.63) is 65.9 Å². The number of carbonyl (C=O) groups excluding carboxylic acids is 1. The van der Waals surface area contributed by atoms with Crippen LogP contribution in [0.5, 0.6) is 5.75 Å². The number of carbonyl (C=O) groups is 1. The summed E-state index contributed by atoms with van der Waals surface area (Å²) in [7, 11) is 1.66. The number of aryl methyl sites for hydroxylation is 1. The Kier molecular flexibility index (Phi) is 5.73. The SMILES string of the molecule is COc1ccc(Cn2nc(C)c3cc(-c4cncc(C(=O)N5CCCCC5)n4)cnc32)cc1. The molecule has 0 aliphatic carbocycles. The first kappa shape index (κ1) is 21.1. The van der Waals surface area contributed by atoms with Crippen molar-refractivity contribution >= 4 is 16.9 Å². The van der Waals surface area contributed by atoms with Gasteiger partial charge < -0.3 is 9.64 Å². The molecule has 1 aromatic carbocycles. The van der Waals surface area contributed by atoms with Gasteiger partial charge in [-0.05, 0) is 49.9 Å². The highest BCUT2D eigenvalue weighted by molar-refractivity contribution is 5.92. The monoisotopic (exact) mass is 442 g/mol. The van der Waals surface area contributed by atoms with Crippen LogP contribution in [0.4, 0.5) is 0 Å². The number of amides is 1. The minimum absolute atomic E-state index is 0.0541. The number of aromatic nitrogens is 5. The standard InChI is InChI=1S/C25H26N6O2/c1-17-21-12-19(22-14-26-15-23(28-22)25(32)30-10-4-3-5-11-30)13-27-24(21)31(29-17)16-18-6-8-20(33-2)9-7-18/h6-9,12-15H,3-5,10-11,16H2,1-2H3. The Morgan fingerprint density at radius 3 is 2.61 bits per heavy atom. The third-order valence-corrected chi connectivity index (χ3v) is 6.06. The van der Waals surface area contributed by atoms with Gasteiger partial charge >= 0.3 is 0 Å². The molecule has 0 radical (unpaired) electrons. The van der Waals surface area contributed by atoms with E-state index in [-0.39, 0.29) is 5.91 Å². The van der Waals surface area contributed by atoms with E-state index in [2.05, 4.69) is 15.0 Å². The highest BCUT2D eigenvalue weighted by atomic mass is 16.5. The summed E-state index contributed by atoms with van der Waals surface area (Å²) >= 11 is 0. The summed E-state index contributed by atoms with van der Waals surface area (Å²) in [6.07, 6.45) is 8.25. The van der Waals surface area contributed by atoms with Gasteiger partial charge in [0.1, 0.15) is 11.4 Å². The number of rotatable bonds is 5. The molecule has 0 bridgehead atoms. The first-order chi connectivity index (χ1) is 16.1. The number of fused-ring (bicyclic) bond motifs is 1.